The lowest BCUT2D eigenvalue weighted by Gasteiger charge is -2.18. The second-order valence-corrected chi connectivity index (χ2v) is 7.77. The third-order valence-corrected chi connectivity index (χ3v) is 5.69. The Labute approximate surface area is 165 Å². The number of hydrogen-bond acceptors (Lipinski definition) is 3. The summed E-state index contributed by atoms with van der Waals surface area (Å²) in [4.78, 5) is 31.6. The maximum absolute atomic E-state index is 13.1. The van der Waals surface area contributed by atoms with Crippen LogP contribution < -0.4 is 5.49 Å². The molecule has 2 fully saturated rings. The fourth-order valence-corrected chi connectivity index (χ4v) is 4.09. The first-order chi connectivity index (χ1) is 13.7. The molecular weight excluding hydrogens is 350 g/mol. The molecule has 1 aliphatic carbocycles. The predicted molar refractivity (Wildman–Crippen MR) is 108 cm³/mol. The van der Waals surface area contributed by atoms with Crippen molar-refractivity contribution in [3.05, 3.63) is 65.3 Å². The average molecular weight is 377 g/mol. The molecule has 2 aromatic rings. The molecule has 5 nitrogen and oxygen atoms in total. The van der Waals surface area contributed by atoms with Gasteiger partial charge in [0.2, 0.25) is 5.91 Å². The van der Waals surface area contributed by atoms with Crippen molar-refractivity contribution in [1.29, 1.82) is 0 Å². The van der Waals surface area contributed by atoms with Gasteiger partial charge in [0.25, 0.3) is 5.91 Å². The predicted octanol–water partition coefficient (Wildman–Crippen LogP) is 3.53. The number of aromatic nitrogens is 1. The molecule has 1 aromatic heterocycles. The van der Waals surface area contributed by atoms with Gasteiger partial charge in [0, 0.05) is 31.3 Å². The summed E-state index contributed by atoms with van der Waals surface area (Å²) in [5.41, 5.74) is 2.41. The third kappa shape index (κ3) is 4.24. The average Bonchev–Trinajstić information content (AvgIpc) is 3.14. The number of carbonyl (C=O) groups excluding carboxylic acids is 2. The molecule has 0 radical (unpaired) electrons. The quantitative estimate of drug-likeness (QED) is 0.818. The molecule has 1 saturated heterocycles. The third-order valence-electron chi connectivity index (χ3n) is 5.69. The molecule has 0 atom stereocenters. The standard InChI is InChI=1S/C23H27N3O2/c27-22-10-6-15-25(22)17-18-11-13-19(14-12-18)23(28)26-16-5-4-9-21(26)24-20-7-2-1-3-8-20/h4-5,9,11-14,16,20H,1-3,6-8,10,15,17H2. The summed E-state index contributed by atoms with van der Waals surface area (Å²) in [6, 6.07) is 13.6. The van der Waals surface area contributed by atoms with Crippen LogP contribution in [0.4, 0.5) is 0 Å². The summed E-state index contributed by atoms with van der Waals surface area (Å²) in [7, 11) is 0. The van der Waals surface area contributed by atoms with Crippen molar-refractivity contribution in [2.75, 3.05) is 6.54 Å². The van der Waals surface area contributed by atoms with Crippen molar-refractivity contribution in [3.63, 3.8) is 0 Å². The number of amides is 1. The second-order valence-electron chi connectivity index (χ2n) is 7.77. The molecule has 5 heteroatoms. The fourth-order valence-electron chi connectivity index (χ4n) is 4.09. The van der Waals surface area contributed by atoms with E-state index >= 15 is 0 Å². The minimum absolute atomic E-state index is 0.0704. The molecule has 2 heterocycles. The highest BCUT2D eigenvalue weighted by Crippen LogP contribution is 2.19. The van der Waals surface area contributed by atoms with Gasteiger partial charge >= 0.3 is 0 Å². The minimum atomic E-state index is -0.0704. The Morgan fingerprint density at radius 3 is 2.50 bits per heavy atom. The van der Waals surface area contributed by atoms with E-state index in [0.717, 1.165) is 36.9 Å². The summed E-state index contributed by atoms with van der Waals surface area (Å²) >= 11 is 0. The van der Waals surface area contributed by atoms with Gasteiger partial charge in [-0.3, -0.25) is 19.1 Å². The highest BCUT2D eigenvalue weighted by molar-refractivity contribution is 5.95. The first-order valence-electron chi connectivity index (χ1n) is 10.3. The van der Waals surface area contributed by atoms with Crippen molar-refractivity contribution in [3.8, 4) is 0 Å². The topological polar surface area (TPSA) is 54.7 Å². The van der Waals surface area contributed by atoms with Gasteiger partial charge in [-0.25, -0.2) is 0 Å². The van der Waals surface area contributed by atoms with Gasteiger partial charge in [-0.1, -0.05) is 37.5 Å². The lowest BCUT2D eigenvalue weighted by molar-refractivity contribution is -0.128. The van der Waals surface area contributed by atoms with Crippen LogP contribution in [0.25, 0.3) is 0 Å². The molecule has 1 amide bonds. The zero-order valence-corrected chi connectivity index (χ0v) is 16.2. The van der Waals surface area contributed by atoms with Crippen LogP contribution >= 0.6 is 0 Å². The van der Waals surface area contributed by atoms with E-state index < -0.39 is 0 Å². The Bertz CT molecular complexity index is 908. The number of hydrogen-bond donors (Lipinski definition) is 0. The van der Waals surface area contributed by atoms with E-state index in [0.29, 0.717) is 24.6 Å². The molecule has 0 bridgehead atoms. The van der Waals surface area contributed by atoms with E-state index in [9.17, 15) is 9.59 Å². The molecule has 0 spiro atoms. The molecule has 1 aliphatic heterocycles. The van der Waals surface area contributed by atoms with Crippen LogP contribution in [0, 0.1) is 0 Å². The summed E-state index contributed by atoms with van der Waals surface area (Å²) < 4.78 is 1.65. The van der Waals surface area contributed by atoms with E-state index in [1.165, 1.54) is 19.3 Å². The summed E-state index contributed by atoms with van der Waals surface area (Å²) in [5.74, 6) is 0.146. The number of rotatable bonds is 4. The summed E-state index contributed by atoms with van der Waals surface area (Å²) in [6.45, 7) is 1.44. The fraction of sp³-hybridized carbons (Fsp3) is 0.435. The van der Waals surface area contributed by atoms with Gasteiger partial charge in [-0.15, -0.1) is 0 Å². The second kappa shape index (κ2) is 8.55. The Morgan fingerprint density at radius 1 is 1.00 bits per heavy atom. The Hall–Kier alpha value is -2.69. The largest absolute Gasteiger partial charge is 0.338 e. The van der Waals surface area contributed by atoms with E-state index in [1.807, 2.05) is 47.4 Å². The van der Waals surface area contributed by atoms with Crippen LogP contribution in [0.2, 0.25) is 0 Å². The molecule has 28 heavy (non-hydrogen) atoms. The smallest absolute Gasteiger partial charge is 0.263 e. The number of nitrogens with zero attached hydrogens (tertiary/aromatic N) is 3. The van der Waals surface area contributed by atoms with Crippen molar-refractivity contribution in [2.24, 2.45) is 4.99 Å². The van der Waals surface area contributed by atoms with Crippen LogP contribution in [-0.2, 0) is 11.3 Å². The van der Waals surface area contributed by atoms with Gasteiger partial charge < -0.3 is 4.90 Å². The molecule has 4 rings (SSSR count). The van der Waals surface area contributed by atoms with E-state index in [1.54, 1.807) is 10.8 Å². The SMILES string of the molecule is O=C1CCCN1Cc1ccc(C(=O)n2ccccc2=NC2CCCCC2)cc1. The molecule has 1 saturated carbocycles. The Morgan fingerprint density at radius 2 is 1.79 bits per heavy atom. The molecule has 2 aliphatic rings. The summed E-state index contributed by atoms with van der Waals surface area (Å²) in [5, 5.41) is 0. The monoisotopic (exact) mass is 377 g/mol. The van der Waals surface area contributed by atoms with E-state index in [-0.39, 0.29) is 11.8 Å². The molecule has 0 N–H and O–H groups in total. The van der Waals surface area contributed by atoms with Gasteiger partial charge in [0.15, 0.2) is 0 Å². The zero-order chi connectivity index (χ0) is 19.3. The molecule has 146 valence electrons. The van der Waals surface area contributed by atoms with Crippen LogP contribution in [-0.4, -0.2) is 33.9 Å². The van der Waals surface area contributed by atoms with Crippen LogP contribution in [0.15, 0.2) is 53.7 Å². The van der Waals surface area contributed by atoms with Crippen molar-refractivity contribution >= 4 is 11.8 Å². The van der Waals surface area contributed by atoms with Crippen LogP contribution in [0.1, 0.15) is 60.9 Å². The lowest BCUT2D eigenvalue weighted by Crippen LogP contribution is -2.29. The van der Waals surface area contributed by atoms with Gasteiger partial charge in [0.05, 0.1) is 6.04 Å². The van der Waals surface area contributed by atoms with Gasteiger partial charge in [0.1, 0.15) is 5.49 Å². The Kier molecular flexibility index (Phi) is 5.70. The van der Waals surface area contributed by atoms with Crippen molar-refractivity contribution < 1.29 is 9.59 Å². The van der Waals surface area contributed by atoms with Crippen LogP contribution in [0.5, 0.6) is 0 Å². The normalized spacial score (nSPS) is 18.6. The highest BCUT2D eigenvalue weighted by Gasteiger charge is 2.20. The molecular formula is C23H27N3O2. The molecule has 0 unspecified atom stereocenters. The summed E-state index contributed by atoms with van der Waals surface area (Å²) in [6.07, 6.45) is 9.31. The highest BCUT2D eigenvalue weighted by atomic mass is 16.2. The number of likely N-dealkylation sites (tertiary alicyclic amines) is 1. The van der Waals surface area contributed by atoms with Gasteiger partial charge in [-0.2, -0.15) is 0 Å². The Balaban J connectivity index is 1.53. The van der Waals surface area contributed by atoms with Gasteiger partial charge in [-0.05, 0) is 49.1 Å². The lowest BCUT2D eigenvalue weighted by atomic mass is 9.96. The minimum Gasteiger partial charge on any atom is -0.338 e. The number of pyridine rings is 1. The maximum Gasteiger partial charge on any atom is 0.263 e. The number of carbonyl (C=O) groups is 2. The first kappa shape index (κ1) is 18.7. The molecule has 1 aromatic carbocycles. The van der Waals surface area contributed by atoms with E-state index in [2.05, 4.69) is 0 Å². The maximum atomic E-state index is 13.1. The van der Waals surface area contributed by atoms with Crippen LogP contribution in [0.3, 0.4) is 0 Å². The zero-order valence-electron chi connectivity index (χ0n) is 16.2. The first-order valence-corrected chi connectivity index (χ1v) is 10.3. The van der Waals surface area contributed by atoms with E-state index in [4.69, 9.17) is 4.99 Å². The number of benzene rings is 1. The van der Waals surface area contributed by atoms with Crippen molar-refractivity contribution in [2.45, 2.75) is 57.5 Å². The van der Waals surface area contributed by atoms with Crippen molar-refractivity contribution in [1.82, 2.24) is 9.47 Å².